The van der Waals surface area contributed by atoms with Gasteiger partial charge in [0.1, 0.15) is 17.9 Å². The highest BCUT2D eigenvalue weighted by Gasteiger charge is 2.13. The van der Waals surface area contributed by atoms with Gasteiger partial charge in [-0.2, -0.15) is 10.5 Å². The largest absolute Gasteiger partial charge is 0.494 e. The lowest BCUT2D eigenvalue weighted by Gasteiger charge is -2.22. The average molecular weight is 385 g/mol. The molecule has 1 heterocycles. The van der Waals surface area contributed by atoms with Crippen LogP contribution in [0, 0.1) is 22.7 Å². The molecule has 1 aliphatic rings. The van der Waals surface area contributed by atoms with Crippen molar-refractivity contribution < 1.29 is 14.2 Å². The van der Waals surface area contributed by atoms with E-state index in [2.05, 4.69) is 0 Å². The summed E-state index contributed by atoms with van der Waals surface area (Å²) in [6.45, 7) is 2.33. The van der Waals surface area contributed by atoms with E-state index in [1.807, 2.05) is 12.1 Å². The van der Waals surface area contributed by atoms with Gasteiger partial charge in [0.05, 0.1) is 17.7 Å². The predicted molar refractivity (Wildman–Crippen MR) is 108 cm³/mol. The molecule has 0 radical (unpaired) electrons. The van der Waals surface area contributed by atoms with Gasteiger partial charge in [-0.1, -0.05) is 38.5 Å². The molecule has 1 saturated heterocycles. The maximum atomic E-state index is 9.02. The molecule has 0 aliphatic carbocycles. The molecule has 1 atom stereocenters. The Labute approximate surface area is 169 Å². The van der Waals surface area contributed by atoms with Crippen LogP contribution in [0.4, 0.5) is 0 Å². The summed E-state index contributed by atoms with van der Waals surface area (Å²) in [6.07, 6.45) is 13.1. The van der Waals surface area contributed by atoms with Crippen LogP contribution in [-0.4, -0.2) is 26.1 Å². The first-order valence-electron chi connectivity index (χ1n) is 10.6. The molecule has 5 heteroatoms. The fraction of sp³-hybridized carbons (Fsp3) is 0.652. The van der Waals surface area contributed by atoms with Crippen molar-refractivity contribution in [3.8, 4) is 17.9 Å². The monoisotopic (exact) mass is 384 g/mol. The molecular formula is C23H32N2O3. The zero-order valence-corrected chi connectivity index (χ0v) is 16.8. The molecule has 1 aliphatic heterocycles. The topological polar surface area (TPSA) is 75.3 Å². The van der Waals surface area contributed by atoms with Gasteiger partial charge in [-0.25, -0.2) is 0 Å². The Morgan fingerprint density at radius 3 is 2.18 bits per heavy atom. The van der Waals surface area contributed by atoms with Crippen molar-refractivity contribution >= 4 is 0 Å². The molecule has 0 amide bonds. The molecular weight excluding hydrogens is 352 g/mol. The Morgan fingerprint density at radius 1 is 0.857 bits per heavy atom. The van der Waals surface area contributed by atoms with Crippen LogP contribution >= 0.6 is 0 Å². The minimum Gasteiger partial charge on any atom is -0.494 e. The number of benzene rings is 1. The normalized spacial score (nSPS) is 16.3. The van der Waals surface area contributed by atoms with Crippen molar-refractivity contribution in [1.29, 1.82) is 10.5 Å². The zero-order valence-electron chi connectivity index (χ0n) is 16.8. The second-order valence-corrected chi connectivity index (χ2v) is 7.27. The Kier molecular flexibility index (Phi) is 11.1. The molecule has 2 rings (SSSR count). The maximum absolute atomic E-state index is 9.02. The first-order valence-corrected chi connectivity index (χ1v) is 10.6. The van der Waals surface area contributed by atoms with Gasteiger partial charge in [0.15, 0.2) is 6.29 Å². The Balaban J connectivity index is 1.39. The maximum Gasteiger partial charge on any atom is 0.157 e. The van der Waals surface area contributed by atoms with E-state index < -0.39 is 0 Å². The highest BCUT2D eigenvalue weighted by molar-refractivity contribution is 5.49. The van der Waals surface area contributed by atoms with E-state index in [9.17, 15) is 0 Å². The van der Waals surface area contributed by atoms with E-state index in [1.54, 1.807) is 18.2 Å². The Bertz CT molecular complexity index is 642. The molecule has 0 aromatic heterocycles. The van der Waals surface area contributed by atoms with Crippen molar-refractivity contribution in [1.82, 2.24) is 0 Å². The minimum atomic E-state index is 0.0479. The third-order valence-electron chi connectivity index (χ3n) is 4.98. The molecule has 1 fully saturated rings. The summed E-state index contributed by atoms with van der Waals surface area (Å²) in [5.41, 5.74) is 0.764. The van der Waals surface area contributed by atoms with Gasteiger partial charge in [0.25, 0.3) is 0 Å². The van der Waals surface area contributed by atoms with Crippen molar-refractivity contribution in [3.63, 3.8) is 0 Å². The molecule has 1 aromatic rings. The summed E-state index contributed by atoms with van der Waals surface area (Å²) >= 11 is 0. The van der Waals surface area contributed by atoms with Gasteiger partial charge in [-0.3, -0.25) is 0 Å². The SMILES string of the molecule is N#Cc1ccc(OCCCCCCCCCCOC2CCCCO2)cc1C#N. The summed E-state index contributed by atoms with van der Waals surface area (Å²) in [4.78, 5) is 0. The van der Waals surface area contributed by atoms with E-state index >= 15 is 0 Å². The highest BCUT2D eigenvalue weighted by atomic mass is 16.7. The van der Waals surface area contributed by atoms with Crippen LogP contribution in [0.15, 0.2) is 18.2 Å². The van der Waals surface area contributed by atoms with Gasteiger partial charge in [-0.15, -0.1) is 0 Å². The molecule has 0 saturated carbocycles. The predicted octanol–water partition coefficient (Wildman–Crippen LogP) is 5.47. The highest BCUT2D eigenvalue weighted by Crippen LogP contribution is 2.18. The average Bonchev–Trinajstić information content (AvgIpc) is 2.75. The summed E-state index contributed by atoms with van der Waals surface area (Å²) in [7, 11) is 0. The standard InChI is InChI=1S/C23H32N2O3/c24-18-20-12-13-22(17-21(20)19-25)26-14-8-5-3-1-2-4-6-9-15-27-23-11-7-10-16-28-23/h12-13,17,23H,1-11,14-16H2. The third kappa shape index (κ3) is 8.74. The first kappa shape index (κ1) is 22.2. The van der Waals surface area contributed by atoms with E-state index in [-0.39, 0.29) is 6.29 Å². The number of unbranched alkanes of at least 4 members (excludes halogenated alkanes) is 7. The van der Waals surface area contributed by atoms with Crippen LogP contribution in [0.25, 0.3) is 0 Å². The lowest BCUT2D eigenvalue weighted by Crippen LogP contribution is -2.22. The summed E-state index contributed by atoms with van der Waals surface area (Å²) in [5.74, 6) is 0.663. The first-order chi connectivity index (χ1) is 13.8. The number of rotatable bonds is 13. The summed E-state index contributed by atoms with van der Waals surface area (Å²) < 4.78 is 17.0. The second-order valence-electron chi connectivity index (χ2n) is 7.27. The van der Waals surface area contributed by atoms with Crippen LogP contribution in [0.2, 0.25) is 0 Å². The molecule has 1 unspecified atom stereocenters. The Morgan fingerprint density at radius 2 is 1.54 bits per heavy atom. The fourth-order valence-corrected chi connectivity index (χ4v) is 3.32. The molecule has 5 nitrogen and oxygen atoms in total. The summed E-state index contributed by atoms with van der Waals surface area (Å²) in [5, 5.41) is 17.9. The number of nitrogens with zero attached hydrogens (tertiary/aromatic N) is 2. The molecule has 0 bridgehead atoms. The number of nitriles is 2. The van der Waals surface area contributed by atoms with Crippen LogP contribution in [0.1, 0.15) is 81.8 Å². The van der Waals surface area contributed by atoms with Gasteiger partial charge < -0.3 is 14.2 Å². The lowest BCUT2D eigenvalue weighted by molar-refractivity contribution is -0.162. The second kappa shape index (κ2) is 14.0. The number of hydrogen-bond acceptors (Lipinski definition) is 5. The van der Waals surface area contributed by atoms with E-state index in [4.69, 9.17) is 24.7 Å². The molecule has 1 aromatic carbocycles. The van der Waals surface area contributed by atoms with Crippen molar-refractivity contribution in [2.75, 3.05) is 19.8 Å². The van der Waals surface area contributed by atoms with Crippen LogP contribution in [-0.2, 0) is 9.47 Å². The summed E-state index contributed by atoms with van der Waals surface area (Å²) in [6, 6.07) is 9.07. The lowest BCUT2D eigenvalue weighted by atomic mass is 10.1. The van der Waals surface area contributed by atoms with Crippen molar-refractivity contribution in [3.05, 3.63) is 29.3 Å². The quantitative estimate of drug-likeness (QED) is 0.421. The van der Waals surface area contributed by atoms with Gasteiger partial charge in [0, 0.05) is 13.2 Å². The van der Waals surface area contributed by atoms with Crippen LogP contribution in [0.3, 0.4) is 0 Å². The van der Waals surface area contributed by atoms with Gasteiger partial charge in [0.2, 0.25) is 0 Å². The van der Waals surface area contributed by atoms with E-state index in [1.165, 1.54) is 44.9 Å². The smallest absolute Gasteiger partial charge is 0.157 e. The zero-order chi connectivity index (χ0) is 19.9. The third-order valence-corrected chi connectivity index (χ3v) is 4.98. The van der Waals surface area contributed by atoms with Crippen molar-refractivity contribution in [2.45, 2.75) is 76.9 Å². The van der Waals surface area contributed by atoms with E-state index in [0.717, 1.165) is 38.9 Å². The molecule has 28 heavy (non-hydrogen) atoms. The number of ether oxygens (including phenoxy) is 3. The molecule has 0 spiro atoms. The molecule has 152 valence electrons. The Hall–Kier alpha value is -2.08. The van der Waals surface area contributed by atoms with E-state index in [0.29, 0.717) is 23.5 Å². The van der Waals surface area contributed by atoms with Gasteiger partial charge in [-0.05, 0) is 50.3 Å². The van der Waals surface area contributed by atoms with Crippen LogP contribution < -0.4 is 4.74 Å². The number of hydrogen-bond donors (Lipinski definition) is 0. The molecule has 0 N–H and O–H groups in total. The van der Waals surface area contributed by atoms with Gasteiger partial charge >= 0.3 is 0 Å². The minimum absolute atomic E-state index is 0.0479. The van der Waals surface area contributed by atoms with Crippen molar-refractivity contribution in [2.24, 2.45) is 0 Å². The van der Waals surface area contributed by atoms with Crippen LogP contribution in [0.5, 0.6) is 5.75 Å². The fourth-order valence-electron chi connectivity index (χ4n) is 3.32.